The number of anilines is 1. The Bertz CT molecular complexity index is 959. The van der Waals surface area contributed by atoms with E-state index in [9.17, 15) is 27.9 Å². The molecule has 0 spiro atoms. The van der Waals surface area contributed by atoms with Gasteiger partial charge in [-0.3, -0.25) is 4.79 Å². The summed E-state index contributed by atoms with van der Waals surface area (Å²) in [5.74, 6) is -5.69. The molecule has 0 heterocycles. The number of aliphatic carboxylic acids is 1. The Morgan fingerprint density at radius 3 is 2.16 bits per heavy atom. The molecular weight excluding hydrogens is 454 g/mol. The first kappa shape index (κ1) is 25.0. The largest absolute Gasteiger partial charge is 0.550 e. The van der Waals surface area contributed by atoms with Crippen LogP contribution >= 0.6 is 23.2 Å². The average Bonchev–Trinajstić information content (AvgIpc) is 2.63. The molecule has 1 N–H and O–H groups in total. The van der Waals surface area contributed by atoms with Crippen LogP contribution in [-0.4, -0.2) is 18.1 Å². The van der Waals surface area contributed by atoms with Crippen LogP contribution < -0.4 is 10.4 Å². The highest BCUT2D eigenvalue weighted by atomic mass is 35.5. The fourth-order valence-electron chi connectivity index (χ4n) is 3.24. The first-order valence-electron chi connectivity index (χ1n) is 9.35. The van der Waals surface area contributed by atoms with E-state index in [0.29, 0.717) is 10.6 Å². The number of alkyl halides is 3. The molecule has 0 saturated carbocycles. The van der Waals surface area contributed by atoms with Gasteiger partial charge < -0.3 is 15.2 Å². The van der Waals surface area contributed by atoms with Gasteiger partial charge in [-0.25, -0.2) is 0 Å². The van der Waals surface area contributed by atoms with Crippen molar-refractivity contribution in [1.82, 2.24) is 0 Å². The van der Waals surface area contributed by atoms with Crippen LogP contribution in [0.3, 0.4) is 0 Å². The summed E-state index contributed by atoms with van der Waals surface area (Å²) in [6.45, 7) is 4.26. The highest BCUT2D eigenvalue weighted by Gasteiger charge is 2.45. The van der Waals surface area contributed by atoms with Crippen molar-refractivity contribution in [2.24, 2.45) is 5.92 Å². The molecule has 2 aromatic carbocycles. The fraction of sp³-hybridized carbons (Fsp3) is 0.364. The molecule has 168 valence electrons. The van der Waals surface area contributed by atoms with E-state index in [1.54, 1.807) is 19.9 Å². The maximum Gasteiger partial charge on any atom is 0.392 e. The predicted molar refractivity (Wildman–Crippen MR) is 112 cm³/mol. The van der Waals surface area contributed by atoms with Gasteiger partial charge in [0.15, 0.2) is 0 Å². The Kier molecular flexibility index (Phi) is 7.66. The van der Waals surface area contributed by atoms with Crippen LogP contribution in [0.2, 0.25) is 10.0 Å². The summed E-state index contributed by atoms with van der Waals surface area (Å²) in [5, 5.41) is 13.9. The van der Waals surface area contributed by atoms with Gasteiger partial charge in [-0.15, -0.1) is 0 Å². The second kappa shape index (κ2) is 9.49. The highest BCUT2D eigenvalue weighted by molar-refractivity contribution is 6.33. The Balaban J connectivity index is 2.42. The third kappa shape index (κ3) is 6.37. The Morgan fingerprint density at radius 2 is 1.65 bits per heavy atom. The van der Waals surface area contributed by atoms with Crippen molar-refractivity contribution >= 4 is 40.8 Å². The summed E-state index contributed by atoms with van der Waals surface area (Å²) in [6, 6.07) is 10.1. The van der Waals surface area contributed by atoms with Crippen molar-refractivity contribution in [3.05, 3.63) is 63.6 Å². The van der Waals surface area contributed by atoms with Crippen molar-refractivity contribution in [3.8, 4) is 0 Å². The molecule has 9 heteroatoms. The summed E-state index contributed by atoms with van der Waals surface area (Å²) in [7, 11) is 0. The molecule has 0 saturated heterocycles. The maximum atomic E-state index is 13.5. The quantitative estimate of drug-likeness (QED) is 0.589. The molecule has 31 heavy (non-hydrogen) atoms. The first-order valence-corrected chi connectivity index (χ1v) is 10.1. The minimum atomic E-state index is -4.62. The summed E-state index contributed by atoms with van der Waals surface area (Å²) >= 11 is 12.0. The normalized spacial score (nSPS) is 14.1. The van der Waals surface area contributed by atoms with E-state index < -0.39 is 35.3 Å². The van der Waals surface area contributed by atoms with E-state index in [-0.39, 0.29) is 22.7 Å². The van der Waals surface area contributed by atoms with E-state index in [4.69, 9.17) is 23.2 Å². The number of rotatable bonds is 7. The van der Waals surface area contributed by atoms with E-state index in [1.165, 1.54) is 36.4 Å². The molecule has 0 aromatic heterocycles. The second-order valence-electron chi connectivity index (χ2n) is 7.98. The lowest BCUT2D eigenvalue weighted by atomic mass is 9.81. The molecule has 0 unspecified atom stereocenters. The molecule has 0 aliphatic rings. The minimum Gasteiger partial charge on any atom is -0.550 e. The molecule has 0 fully saturated rings. The third-order valence-electron chi connectivity index (χ3n) is 5.12. The third-order valence-corrected chi connectivity index (χ3v) is 5.70. The van der Waals surface area contributed by atoms with Crippen molar-refractivity contribution in [1.29, 1.82) is 0 Å². The van der Waals surface area contributed by atoms with Gasteiger partial charge in [-0.2, -0.15) is 13.2 Å². The lowest BCUT2D eigenvalue weighted by molar-refractivity contribution is -0.307. The molecule has 0 radical (unpaired) electrons. The van der Waals surface area contributed by atoms with Crippen LogP contribution in [0, 0.1) is 5.92 Å². The molecule has 0 bridgehead atoms. The van der Waals surface area contributed by atoms with Gasteiger partial charge in [-0.05, 0) is 47.2 Å². The molecule has 2 atom stereocenters. The van der Waals surface area contributed by atoms with Crippen LogP contribution in [0.5, 0.6) is 0 Å². The summed E-state index contributed by atoms with van der Waals surface area (Å²) in [5.41, 5.74) is -0.0823. The molecular formula is C22H21Cl2F3NO3-. The first-order chi connectivity index (χ1) is 14.2. The average molecular weight is 475 g/mol. The van der Waals surface area contributed by atoms with Crippen molar-refractivity contribution < 1.29 is 27.9 Å². The number of nitrogens with one attached hydrogen (secondary N) is 1. The molecule has 2 aromatic rings. The number of hydrogen-bond donors (Lipinski definition) is 1. The number of benzene rings is 2. The number of carboxylic acids is 1. The zero-order valence-corrected chi connectivity index (χ0v) is 18.5. The Labute approximate surface area is 188 Å². The number of carboxylic acid groups (broad SMARTS) is 1. The van der Waals surface area contributed by atoms with Gasteiger partial charge in [0.05, 0.1) is 22.5 Å². The Morgan fingerprint density at radius 1 is 1.06 bits per heavy atom. The van der Waals surface area contributed by atoms with Crippen LogP contribution in [-0.2, 0) is 15.0 Å². The zero-order chi connectivity index (χ0) is 23.6. The SMILES string of the molecule is C[C@H]([C@H](C(=O)Nc1cc(C(C)(C)CC(=O)[O-])ccc1Cl)c1ccc(Cl)cc1)C(F)(F)F. The van der Waals surface area contributed by atoms with Gasteiger partial charge in [0.1, 0.15) is 0 Å². The zero-order valence-electron chi connectivity index (χ0n) is 17.0. The van der Waals surface area contributed by atoms with E-state index in [0.717, 1.165) is 6.92 Å². The van der Waals surface area contributed by atoms with E-state index >= 15 is 0 Å². The molecule has 0 aliphatic heterocycles. The number of hydrogen-bond acceptors (Lipinski definition) is 3. The number of halogens is 5. The predicted octanol–water partition coefficient (Wildman–Crippen LogP) is 5.33. The smallest absolute Gasteiger partial charge is 0.392 e. The monoisotopic (exact) mass is 474 g/mol. The molecule has 2 rings (SSSR count). The van der Waals surface area contributed by atoms with Crippen LogP contribution in [0.1, 0.15) is 44.2 Å². The van der Waals surface area contributed by atoms with Gasteiger partial charge in [0.25, 0.3) is 0 Å². The lowest BCUT2D eigenvalue weighted by Gasteiger charge is -2.28. The molecule has 0 aliphatic carbocycles. The molecule has 4 nitrogen and oxygen atoms in total. The maximum absolute atomic E-state index is 13.5. The number of carbonyl (C=O) groups is 2. The van der Waals surface area contributed by atoms with Gasteiger partial charge >= 0.3 is 6.18 Å². The minimum absolute atomic E-state index is 0.0870. The Hall–Kier alpha value is -2.25. The summed E-state index contributed by atoms with van der Waals surface area (Å²) < 4.78 is 40.5. The number of amides is 1. The molecule has 1 amide bonds. The van der Waals surface area contributed by atoms with E-state index in [1.807, 2.05) is 0 Å². The summed E-state index contributed by atoms with van der Waals surface area (Å²) in [6.07, 6.45) is -4.91. The van der Waals surface area contributed by atoms with Crippen molar-refractivity contribution in [2.75, 3.05) is 5.32 Å². The van der Waals surface area contributed by atoms with Gasteiger partial charge in [0, 0.05) is 11.0 Å². The number of carbonyl (C=O) groups excluding carboxylic acids is 2. The standard InChI is InChI=1S/C22H22Cl2F3NO3/c1-12(22(25,26)27)19(13-4-7-15(23)8-5-13)20(31)28-17-10-14(6-9-16(17)24)21(2,3)11-18(29)30/h4-10,12,19H,11H2,1-3H3,(H,28,31)(H,29,30)/p-1/t12-,19+/m1/s1. The van der Waals surface area contributed by atoms with Crippen molar-refractivity contribution in [2.45, 2.75) is 44.7 Å². The van der Waals surface area contributed by atoms with Crippen LogP contribution in [0.25, 0.3) is 0 Å². The van der Waals surface area contributed by atoms with Crippen molar-refractivity contribution in [3.63, 3.8) is 0 Å². The van der Waals surface area contributed by atoms with Crippen LogP contribution in [0.4, 0.5) is 18.9 Å². The fourth-order valence-corrected chi connectivity index (χ4v) is 3.53. The topological polar surface area (TPSA) is 69.2 Å². The second-order valence-corrected chi connectivity index (χ2v) is 8.82. The van der Waals surface area contributed by atoms with Crippen LogP contribution in [0.15, 0.2) is 42.5 Å². The van der Waals surface area contributed by atoms with Gasteiger partial charge in [-0.1, -0.05) is 62.2 Å². The highest BCUT2D eigenvalue weighted by Crippen LogP contribution is 2.39. The van der Waals surface area contributed by atoms with Gasteiger partial charge in [0.2, 0.25) is 5.91 Å². The lowest BCUT2D eigenvalue weighted by Crippen LogP contribution is -2.34. The summed E-state index contributed by atoms with van der Waals surface area (Å²) in [4.78, 5) is 24.0. The van der Waals surface area contributed by atoms with E-state index in [2.05, 4.69) is 5.32 Å².